The van der Waals surface area contributed by atoms with Crippen molar-refractivity contribution in [1.29, 1.82) is 0 Å². The van der Waals surface area contributed by atoms with Gasteiger partial charge in [-0.3, -0.25) is 0 Å². The van der Waals surface area contributed by atoms with Crippen molar-refractivity contribution in [3.05, 3.63) is 0 Å². The summed E-state index contributed by atoms with van der Waals surface area (Å²) in [6.07, 6.45) is 29.5. The quantitative estimate of drug-likeness (QED) is 0.161. The Morgan fingerprint density at radius 1 is 0.320 bits per heavy atom. The van der Waals surface area contributed by atoms with Gasteiger partial charge in [0.2, 0.25) is 0 Å². The van der Waals surface area contributed by atoms with Crippen molar-refractivity contribution < 1.29 is 0 Å². The van der Waals surface area contributed by atoms with E-state index in [9.17, 15) is 0 Å². The minimum absolute atomic E-state index is 1.08. The van der Waals surface area contributed by atoms with E-state index in [1.165, 1.54) is 122 Å². The van der Waals surface area contributed by atoms with Gasteiger partial charge in [0.1, 0.15) is 0 Å². The van der Waals surface area contributed by atoms with Gasteiger partial charge in [0.25, 0.3) is 0 Å². The van der Waals surface area contributed by atoms with Gasteiger partial charge >= 0.3 is 0 Å². The van der Waals surface area contributed by atoms with E-state index in [4.69, 9.17) is 0 Å². The summed E-state index contributed by atoms with van der Waals surface area (Å²) in [6.45, 7) is 4.50. The van der Waals surface area contributed by atoms with E-state index in [0.717, 1.165) is 12.8 Å². The Morgan fingerprint density at radius 2 is 0.640 bits per heavy atom. The molecule has 0 heterocycles. The van der Waals surface area contributed by atoms with E-state index < -0.39 is 0 Å². The van der Waals surface area contributed by atoms with Crippen LogP contribution in [0.2, 0.25) is 0 Å². The summed E-state index contributed by atoms with van der Waals surface area (Å²) in [5.41, 5.74) is 0. The first-order valence-corrected chi connectivity index (χ1v) is 11.9. The summed E-state index contributed by atoms with van der Waals surface area (Å²) < 4.78 is 0. The molecule has 0 aromatic heterocycles. The van der Waals surface area contributed by atoms with Gasteiger partial charge in [-0.25, -0.2) is 0 Å². The second-order valence-corrected chi connectivity index (χ2v) is 7.86. The molecule has 0 saturated heterocycles. The Hall–Kier alpha value is -0.440. The molecule has 0 amide bonds. The third kappa shape index (κ3) is 23.6. The molecule has 0 aromatic rings. The fraction of sp³-hybridized carbons (Fsp3) is 0.920. The fourth-order valence-electron chi connectivity index (χ4n) is 3.42. The molecule has 0 atom stereocenters. The zero-order chi connectivity index (χ0) is 18.3. The monoisotopic (exact) mass is 348 g/mol. The molecular formula is C25H48. The lowest BCUT2D eigenvalue weighted by atomic mass is 10.0. The van der Waals surface area contributed by atoms with E-state index in [2.05, 4.69) is 25.7 Å². The molecular weight excluding hydrogens is 300 g/mol. The van der Waals surface area contributed by atoms with Crippen molar-refractivity contribution in [3.63, 3.8) is 0 Å². The van der Waals surface area contributed by atoms with Crippen LogP contribution >= 0.6 is 0 Å². The minimum atomic E-state index is 1.08. The van der Waals surface area contributed by atoms with Gasteiger partial charge in [-0.1, -0.05) is 123 Å². The normalized spacial score (nSPS) is 10.6. The topological polar surface area (TPSA) is 0 Å². The Morgan fingerprint density at radius 3 is 1.00 bits per heavy atom. The molecule has 0 aliphatic carbocycles. The average Bonchev–Trinajstić information content (AvgIpc) is 2.63. The van der Waals surface area contributed by atoms with Gasteiger partial charge in [0, 0.05) is 12.8 Å². The highest BCUT2D eigenvalue weighted by Crippen LogP contribution is 2.14. The highest BCUT2D eigenvalue weighted by Gasteiger charge is 1.94. The van der Waals surface area contributed by atoms with Gasteiger partial charge in [-0.2, -0.15) is 0 Å². The number of hydrogen-bond acceptors (Lipinski definition) is 0. The molecule has 0 aliphatic heterocycles. The summed E-state index contributed by atoms with van der Waals surface area (Å²) in [7, 11) is 0. The maximum absolute atomic E-state index is 3.29. The Balaban J connectivity index is 3.00. The number of hydrogen-bond donors (Lipinski definition) is 0. The van der Waals surface area contributed by atoms with E-state index in [1.54, 1.807) is 0 Å². The first-order chi connectivity index (χ1) is 12.4. The largest absolute Gasteiger partial charge is 0.103 e. The van der Waals surface area contributed by atoms with Crippen LogP contribution in [0.25, 0.3) is 0 Å². The van der Waals surface area contributed by atoms with Gasteiger partial charge < -0.3 is 0 Å². The maximum Gasteiger partial charge on any atom is 0.00886 e. The summed E-state index contributed by atoms with van der Waals surface area (Å²) in [5.74, 6) is 6.53. The molecule has 0 unspecified atom stereocenters. The van der Waals surface area contributed by atoms with Crippen LogP contribution in [0.5, 0.6) is 0 Å². The van der Waals surface area contributed by atoms with E-state index >= 15 is 0 Å². The summed E-state index contributed by atoms with van der Waals surface area (Å²) >= 11 is 0. The molecule has 0 spiro atoms. The molecule has 0 bridgehead atoms. The van der Waals surface area contributed by atoms with Crippen molar-refractivity contribution in [2.45, 2.75) is 149 Å². The standard InChI is InChI=1S/C25H48/c1-3-5-7-9-11-13-15-17-19-21-23-25-24-22-20-18-16-14-12-10-8-6-4-2/h3-7,9,11-25H2,1-2H3. The van der Waals surface area contributed by atoms with E-state index in [1.807, 2.05) is 0 Å². The lowest BCUT2D eigenvalue weighted by Gasteiger charge is -2.03. The van der Waals surface area contributed by atoms with Crippen molar-refractivity contribution >= 4 is 0 Å². The Bertz CT molecular complexity index is 280. The first-order valence-electron chi connectivity index (χ1n) is 11.9. The molecule has 0 heteroatoms. The molecule has 0 saturated carbocycles. The SMILES string of the molecule is CCCC#CCCCCCCCCCCCCCCCCCCCC. The van der Waals surface area contributed by atoms with E-state index in [0.29, 0.717) is 0 Å². The molecule has 0 fully saturated rings. The highest BCUT2D eigenvalue weighted by molar-refractivity contribution is 4.98. The van der Waals surface area contributed by atoms with Gasteiger partial charge in [-0.05, 0) is 12.8 Å². The van der Waals surface area contributed by atoms with Crippen molar-refractivity contribution in [2.75, 3.05) is 0 Å². The third-order valence-electron chi connectivity index (χ3n) is 5.16. The van der Waals surface area contributed by atoms with Gasteiger partial charge in [0.15, 0.2) is 0 Å². The zero-order valence-corrected chi connectivity index (χ0v) is 17.8. The molecule has 0 nitrogen and oxygen atoms in total. The summed E-state index contributed by atoms with van der Waals surface area (Å²) in [5, 5.41) is 0. The van der Waals surface area contributed by atoms with Crippen LogP contribution in [0.15, 0.2) is 0 Å². The molecule has 25 heavy (non-hydrogen) atoms. The van der Waals surface area contributed by atoms with Gasteiger partial charge in [-0.15, -0.1) is 11.8 Å². The fourth-order valence-corrected chi connectivity index (χ4v) is 3.42. The first kappa shape index (κ1) is 24.6. The van der Waals surface area contributed by atoms with Gasteiger partial charge in [0.05, 0.1) is 0 Å². The number of unbranched alkanes of at least 4 members (excludes halogenated alkanes) is 19. The number of rotatable bonds is 19. The lowest BCUT2D eigenvalue weighted by Crippen LogP contribution is -1.84. The predicted octanol–water partition coefficient (Wildman–Crippen LogP) is 9.22. The highest BCUT2D eigenvalue weighted by atomic mass is 14.0. The van der Waals surface area contributed by atoms with Crippen LogP contribution in [-0.4, -0.2) is 0 Å². The van der Waals surface area contributed by atoms with Crippen LogP contribution in [0.1, 0.15) is 149 Å². The van der Waals surface area contributed by atoms with Crippen LogP contribution < -0.4 is 0 Å². The lowest BCUT2D eigenvalue weighted by molar-refractivity contribution is 0.525. The molecule has 0 rings (SSSR count). The van der Waals surface area contributed by atoms with Crippen molar-refractivity contribution in [1.82, 2.24) is 0 Å². The van der Waals surface area contributed by atoms with Crippen LogP contribution in [0.3, 0.4) is 0 Å². The Kier molecular flexibility index (Phi) is 23.1. The van der Waals surface area contributed by atoms with Crippen molar-refractivity contribution in [2.24, 2.45) is 0 Å². The predicted molar refractivity (Wildman–Crippen MR) is 116 cm³/mol. The summed E-state index contributed by atoms with van der Waals surface area (Å²) in [6, 6.07) is 0. The van der Waals surface area contributed by atoms with Crippen molar-refractivity contribution in [3.8, 4) is 11.8 Å². The Labute approximate surface area is 160 Å². The molecule has 0 aromatic carbocycles. The smallest absolute Gasteiger partial charge is 0.00886 e. The van der Waals surface area contributed by atoms with Crippen LogP contribution in [0, 0.1) is 11.8 Å². The second-order valence-electron chi connectivity index (χ2n) is 7.86. The van der Waals surface area contributed by atoms with Crippen LogP contribution in [0.4, 0.5) is 0 Å². The second kappa shape index (κ2) is 23.6. The minimum Gasteiger partial charge on any atom is -0.103 e. The summed E-state index contributed by atoms with van der Waals surface area (Å²) in [4.78, 5) is 0. The molecule has 0 N–H and O–H groups in total. The molecule has 0 aliphatic rings. The van der Waals surface area contributed by atoms with Crippen LogP contribution in [-0.2, 0) is 0 Å². The maximum atomic E-state index is 3.29. The zero-order valence-electron chi connectivity index (χ0n) is 17.8. The molecule has 0 radical (unpaired) electrons. The average molecular weight is 349 g/mol. The third-order valence-corrected chi connectivity index (χ3v) is 5.16. The van der Waals surface area contributed by atoms with E-state index in [-0.39, 0.29) is 0 Å². The molecule has 148 valence electrons.